The van der Waals surface area contributed by atoms with Gasteiger partial charge in [0.05, 0.1) is 42.0 Å². The molecule has 0 spiro atoms. The van der Waals surface area contributed by atoms with Crippen molar-refractivity contribution in [2.24, 2.45) is 0 Å². The SMILES string of the molecule is CC(C)c1cc(Cl)cc(C(=O)N(C)C)c1O.CC(C)c1cc(Cl)cc(C(=O)N2CCN(c3ncccn3)CC2)c1O.CC(C)c1cccc(C(=O)N(C)C)c1O.CC(C)c1cccc(C(=O)N(C)C)c1O.CC(C)c1ccccc1.CC(C)c1ccccc1.CCOc1ccccc1C(C)C.Cc1cccc(C)c1C(C)C.Cc1ccccc1.[C-]#[N+]c1ccc(C(C)C)c(O)c1.[C-]#[N+]c1ccc(C(C)C)c(O)c1. The highest BCUT2D eigenvalue weighted by Crippen LogP contribution is 2.38. The minimum atomic E-state index is -0.248. The van der Waals surface area contributed by atoms with Crippen molar-refractivity contribution in [2.45, 2.75) is 225 Å². The Labute approximate surface area is 864 Å². The molecule has 143 heavy (non-hydrogen) atoms. The molecule has 1 aliphatic rings. The van der Waals surface area contributed by atoms with E-state index in [2.05, 4.69) is 187 Å². The van der Waals surface area contributed by atoms with Gasteiger partial charge in [-0.3, -0.25) is 19.2 Å². The first-order chi connectivity index (χ1) is 67.4. The van der Waals surface area contributed by atoms with Crippen LogP contribution in [0.3, 0.4) is 0 Å². The van der Waals surface area contributed by atoms with Crippen molar-refractivity contribution in [3.8, 4) is 40.2 Å². The average molecular weight is 1980 g/mol. The molecule has 11 aromatic carbocycles. The molecule has 22 heteroatoms. The summed E-state index contributed by atoms with van der Waals surface area (Å²) in [6, 6.07) is 74.8. The molecule has 0 bridgehead atoms. The Hall–Kier alpha value is -13.7. The van der Waals surface area contributed by atoms with Crippen LogP contribution >= 0.6 is 23.2 Å². The second-order valence-corrected chi connectivity index (χ2v) is 39.1. The van der Waals surface area contributed by atoms with Crippen LogP contribution in [0.25, 0.3) is 9.69 Å². The summed E-state index contributed by atoms with van der Waals surface area (Å²) in [5.41, 5.74) is 16.8. The van der Waals surface area contributed by atoms with Crippen LogP contribution in [0.1, 0.15) is 318 Å². The maximum atomic E-state index is 12.8. The van der Waals surface area contributed by atoms with Gasteiger partial charge >= 0.3 is 0 Å². The summed E-state index contributed by atoms with van der Waals surface area (Å²) in [6.45, 7) is 66.5. The highest BCUT2D eigenvalue weighted by molar-refractivity contribution is 6.31. The molecule has 1 aromatic heterocycles. The topological polar surface area (TPSA) is 250 Å². The molecule has 0 aliphatic carbocycles. The first kappa shape index (κ1) is 123. The van der Waals surface area contributed by atoms with Gasteiger partial charge in [0.25, 0.3) is 23.6 Å². The number of anilines is 1. The number of amides is 4. The van der Waals surface area contributed by atoms with Crippen LogP contribution in [0, 0.1) is 33.9 Å². The third-order valence-corrected chi connectivity index (χ3v) is 23.2. The lowest BCUT2D eigenvalue weighted by Gasteiger charge is -2.35. The van der Waals surface area contributed by atoms with E-state index >= 15 is 0 Å². The van der Waals surface area contributed by atoms with Crippen molar-refractivity contribution in [2.75, 3.05) is 80.0 Å². The van der Waals surface area contributed by atoms with Gasteiger partial charge in [-0.15, -0.1) is 0 Å². The molecular weight excluding hydrogens is 1830 g/mol. The molecule has 20 nitrogen and oxygen atoms in total. The van der Waals surface area contributed by atoms with Crippen LogP contribution in [0.15, 0.2) is 249 Å². The number of hydrogen-bond donors (Lipinski definition) is 6. The molecule has 4 amide bonds. The number of benzene rings is 11. The molecule has 13 rings (SSSR count). The first-order valence-corrected chi connectivity index (χ1v) is 49.6. The summed E-state index contributed by atoms with van der Waals surface area (Å²) < 4.78 is 5.50. The van der Waals surface area contributed by atoms with Crippen molar-refractivity contribution >= 4 is 64.2 Å². The van der Waals surface area contributed by atoms with Crippen LogP contribution < -0.4 is 9.64 Å². The predicted octanol–water partition coefficient (Wildman–Crippen LogP) is 30.6. The highest BCUT2D eigenvalue weighted by Gasteiger charge is 2.28. The molecule has 0 unspecified atom stereocenters. The Bertz CT molecular complexity index is 5760. The minimum Gasteiger partial charge on any atom is -0.509 e. The molecular formula is C121H157Cl2N9O11. The third kappa shape index (κ3) is 41.4. The van der Waals surface area contributed by atoms with Gasteiger partial charge < -0.3 is 59.9 Å². The van der Waals surface area contributed by atoms with Crippen molar-refractivity contribution in [1.82, 2.24) is 29.6 Å². The number of carbonyl (C=O) groups excluding carboxylic acids is 4. The maximum Gasteiger partial charge on any atom is 0.257 e. The predicted molar refractivity (Wildman–Crippen MR) is 594 cm³/mol. The number of nitrogens with zero attached hydrogens (tertiary/aromatic N) is 9. The largest absolute Gasteiger partial charge is 0.509 e. The number of rotatable bonds is 17. The number of piperazine rings is 1. The second kappa shape index (κ2) is 63.3. The van der Waals surface area contributed by atoms with Gasteiger partial charge in [0.1, 0.15) is 40.2 Å². The van der Waals surface area contributed by atoms with Crippen LogP contribution in [0.4, 0.5) is 17.3 Å². The Morgan fingerprint density at radius 2 is 0.685 bits per heavy atom. The minimum absolute atomic E-state index is 0.0260. The van der Waals surface area contributed by atoms with E-state index in [-0.39, 0.29) is 92.9 Å². The quantitative estimate of drug-likeness (QED) is 0.0464. The van der Waals surface area contributed by atoms with Gasteiger partial charge in [-0.1, -0.05) is 343 Å². The monoisotopic (exact) mass is 1980 g/mol. The van der Waals surface area contributed by atoms with Crippen LogP contribution in [0.2, 0.25) is 10.0 Å². The van der Waals surface area contributed by atoms with Crippen molar-refractivity contribution in [3.63, 3.8) is 0 Å². The zero-order valence-corrected chi connectivity index (χ0v) is 91.5. The molecule has 0 saturated carbocycles. The smallest absolute Gasteiger partial charge is 0.257 e. The van der Waals surface area contributed by atoms with E-state index in [4.69, 9.17) is 41.1 Å². The Morgan fingerprint density at radius 1 is 0.357 bits per heavy atom. The average Bonchev–Trinajstić information content (AvgIpc) is 0.805. The van der Waals surface area contributed by atoms with Gasteiger partial charge in [-0.2, -0.15) is 0 Å². The van der Waals surface area contributed by atoms with E-state index in [0.29, 0.717) is 111 Å². The van der Waals surface area contributed by atoms with Crippen molar-refractivity contribution < 1.29 is 54.6 Å². The first-order valence-electron chi connectivity index (χ1n) is 48.8. The summed E-state index contributed by atoms with van der Waals surface area (Å²) in [7, 11) is 9.96. The van der Waals surface area contributed by atoms with Crippen molar-refractivity contribution in [3.05, 3.63) is 376 Å². The highest BCUT2D eigenvalue weighted by atomic mass is 35.5. The Morgan fingerprint density at radius 3 is 1.00 bits per heavy atom. The number of aryl methyl sites for hydroxylation is 3. The molecule has 2 heterocycles. The number of ether oxygens (including phenoxy) is 1. The van der Waals surface area contributed by atoms with Crippen molar-refractivity contribution in [1.29, 1.82) is 0 Å². The lowest BCUT2D eigenvalue weighted by atomic mass is 9.94. The van der Waals surface area contributed by atoms with Crippen LogP contribution in [-0.4, -0.2) is 159 Å². The number of aromatic hydroxyl groups is 6. The van der Waals surface area contributed by atoms with E-state index in [1.165, 1.54) is 77.9 Å². The van der Waals surface area contributed by atoms with Crippen LogP contribution in [-0.2, 0) is 0 Å². The molecule has 12 aromatic rings. The van der Waals surface area contributed by atoms with Gasteiger partial charge in [-0.05, 0) is 214 Å². The van der Waals surface area contributed by atoms with E-state index in [1.807, 2.05) is 150 Å². The number of phenolic OH excluding ortho intramolecular Hbond substituents is 6. The lowest BCUT2D eigenvalue weighted by molar-refractivity contribution is 0.0741. The number of halogens is 2. The van der Waals surface area contributed by atoms with Gasteiger partial charge in [0, 0.05) is 90.9 Å². The number of hydrogen-bond acceptors (Lipinski definition) is 14. The zero-order valence-electron chi connectivity index (χ0n) is 90.0. The third-order valence-electron chi connectivity index (χ3n) is 22.7. The van der Waals surface area contributed by atoms with Gasteiger partial charge in [-0.25, -0.2) is 19.7 Å². The Kier molecular flexibility index (Phi) is 54.7. The van der Waals surface area contributed by atoms with Gasteiger partial charge in [0.15, 0.2) is 11.4 Å². The van der Waals surface area contributed by atoms with Gasteiger partial charge in [0.2, 0.25) is 5.95 Å². The lowest BCUT2D eigenvalue weighted by Crippen LogP contribution is -2.49. The molecule has 6 N–H and O–H groups in total. The van der Waals surface area contributed by atoms with E-state index in [0.717, 1.165) is 34.6 Å². The summed E-state index contributed by atoms with van der Waals surface area (Å²) in [4.78, 5) is 71.1. The zero-order chi connectivity index (χ0) is 108. The summed E-state index contributed by atoms with van der Waals surface area (Å²) in [5.74, 6) is 5.31. The number of phenols is 6. The summed E-state index contributed by atoms with van der Waals surface area (Å²) in [5, 5.41) is 60.2. The van der Waals surface area contributed by atoms with E-state index in [1.54, 1.807) is 126 Å². The fourth-order valence-corrected chi connectivity index (χ4v) is 15.1. The van der Waals surface area contributed by atoms with Crippen LogP contribution in [0.5, 0.6) is 40.2 Å². The maximum absolute atomic E-state index is 12.8. The molecule has 1 saturated heterocycles. The summed E-state index contributed by atoms with van der Waals surface area (Å²) in [6.07, 6.45) is 3.41. The molecule has 766 valence electrons. The fourth-order valence-electron chi connectivity index (χ4n) is 14.7. The molecule has 0 atom stereocenters. The van der Waals surface area contributed by atoms with E-state index < -0.39 is 0 Å². The fraction of sp³-hybridized carbons (Fsp3) is 0.372. The second-order valence-electron chi connectivity index (χ2n) is 38.2. The number of para-hydroxylation sites is 3. The summed E-state index contributed by atoms with van der Waals surface area (Å²) >= 11 is 12.1. The molecule has 0 radical (unpaired) electrons. The number of carbonyl (C=O) groups is 4. The number of aromatic nitrogens is 2. The molecule has 1 aliphatic heterocycles. The normalized spacial score (nSPS) is 11.0. The molecule has 1 fully saturated rings. The standard InChI is InChI=1S/C18H21ClN4O2.C12H16ClNO2.2C12H17NO2.C11H16O.C11H16.2C10H11NO.2C9H12.C7H8/c1-12(2)14-10-13(19)11-15(16(14)24)17(25)22-6-8-23(9-7-22)18-20-4-3-5-21-18;1-7(2)9-5-8(13)6-10(11(9)15)12(16)14(3)4;2*1-8(2)9-6-5-7-10(11(9)14)12(15)13(3)4;1-4-12-11-8-6-5-7-10(11)9(2)3;1-8(2)11-9(3)6-5-7-10(11)4;2*1-7(2)9-5-4-8(11-3)6-10(9)12;2*1-8(2)9-6-4-3-5-7-9;1-7-5-3-2-4-6-7/h3-5,10-12,24H,6-9H2,1-2H3;5-7,15H,1-4H3;2*5-8,14H,1-4H3;5-9H,4H2,1-3H3;5-8H,1-4H3;2*4-7,12H,1-2H3;2*3-8H,1-2H3;2-6H,1H3. The Balaban J connectivity index is 0.000000411. The van der Waals surface area contributed by atoms with E-state index in [9.17, 15) is 49.8 Å².